The molecule has 2 aromatic rings. The van der Waals surface area contributed by atoms with Gasteiger partial charge in [0, 0.05) is 24.5 Å². The van der Waals surface area contributed by atoms with Crippen LogP contribution in [0.4, 0.5) is 4.79 Å². The molecule has 8 nitrogen and oxygen atoms in total. The molecule has 2 saturated heterocycles. The normalized spacial score (nSPS) is 25.2. The number of likely N-dealkylation sites (tertiary alicyclic amines) is 1. The van der Waals surface area contributed by atoms with Gasteiger partial charge in [-0.1, -0.05) is 18.2 Å². The molecule has 1 N–H and O–H groups in total. The maximum absolute atomic E-state index is 13.3. The standard InChI is InChI=1S/C23H33N5O3/c1-22(2,3)31-21(29)28-13-11-24-15-23(28,30-14-17-8-7-12-27(17)4)20-18-9-5-6-10-19(18)25-16-26-20/h5-6,9-10,16-17,24H,7-8,11-15H2,1-4H3/t17-,23?/m0/s1. The number of likely N-dealkylation sites (N-methyl/N-ethyl adjacent to an activating group) is 1. The molecule has 31 heavy (non-hydrogen) atoms. The Hall–Kier alpha value is -2.29. The molecule has 4 rings (SSSR count). The number of nitrogens with one attached hydrogen (secondary N) is 1. The molecule has 168 valence electrons. The van der Waals surface area contributed by atoms with Gasteiger partial charge in [-0.05, 0) is 53.3 Å². The lowest BCUT2D eigenvalue weighted by Gasteiger charge is -2.47. The van der Waals surface area contributed by atoms with E-state index in [0.717, 1.165) is 30.3 Å². The first-order valence-corrected chi connectivity index (χ1v) is 11.1. The Morgan fingerprint density at radius 2 is 2.06 bits per heavy atom. The second-order valence-corrected chi connectivity index (χ2v) is 9.42. The van der Waals surface area contributed by atoms with E-state index in [0.29, 0.717) is 38.0 Å². The number of hydrogen-bond donors (Lipinski definition) is 1. The van der Waals surface area contributed by atoms with Crippen molar-refractivity contribution in [3.05, 3.63) is 36.3 Å². The lowest BCUT2D eigenvalue weighted by molar-refractivity contribution is -0.174. The topological polar surface area (TPSA) is 79.8 Å². The predicted molar refractivity (Wildman–Crippen MR) is 119 cm³/mol. The quantitative estimate of drug-likeness (QED) is 0.804. The zero-order chi connectivity index (χ0) is 22.1. The molecule has 0 saturated carbocycles. The maximum atomic E-state index is 13.3. The largest absolute Gasteiger partial charge is 0.444 e. The highest BCUT2D eigenvalue weighted by Gasteiger charge is 2.49. The van der Waals surface area contributed by atoms with Crippen LogP contribution in [0, 0.1) is 0 Å². The number of carbonyl (C=O) groups excluding carboxylic acids is 1. The van der Waals surface area contributed by atoms with Crippen LogP contribution in [0.2, 0.25) is 0 Å². The van der Waals surface area contributed by atoms with Crippen LogP contribution in [0.25, 0.3) is 10.9 Å². The van der Waals surface area contributed by atoms with E-state index < -0.39 is 17.4 Å². The summed E-state index contributed by atoms with van der Waals surface area (Å²) in [4.78, 5) is 26.4. The number of benzene rings is 1. The van der Waals surface area contributed by atoms with Gasteiger partial charge in [-0.25, -0.2) is 14.8 Å². The van der Waals surface area contributed by atoms with Gasteiger partial charge in [-0.2, -0.15) is 0 Å². The summed E-state index contributed by atoms with van der Waals surface area (Å²) in [5.41, 5.74) is -0.167. The zero-order valence-corrected chi connectivity index (χ0v) is 18.9. The highest BCUT2D eigenvalue weighted by Crippen LogP contribution is 2.36. The van der Waals surface area contributed by atoms with E-state index >= 15 is 0 Å². The van der Waals surface area contributed by atoms with Gasteiger partial charge in [0.25, 0.3) is 0 Å². The molecule has 2 aliphatic rings. The van der Waals surface area contributed by atoms with E-state index in [1.54, 1.807) is 11.2 Å². The first-order chi connectivity index (χ1) is 14.8. The Balaban J connectivity index is 1.78. The van der Waals surface area contributed by atoms with E-state index in [1.807, 2.05) is 45.0 Å². The fourth-order valence-electron chi connectivity index (χ4n) is 4.43. The smallest absolute Gasteiger partial charge is 0.412 e. The number of carbonyl (C=O) groups is 1. The predicted octanol–water partition coefficient (Wildman–Crippen LogP) is 2.73. The second-order valence-electron chi connectivity index (χ2n) is 9.42. The van der Waals surface area contributed by atoms with Crippen LogP contribution in [-0.2, 0) is 15.2 Å². The molecular formula is C23H33N5O3. The van der Waals surface area contributed by atoms with Crippen LogP contribution < -0.4 is 5.32 Å². The SMILES string of the molecule is CN1CCC[C@H]1COC1(c2ncnc3ccccc23)CNCCN1C(=O)OC(C)(C)C. The van der Waals surface area contributed by atoms with Crippen molar-refractivity contribution in [2.75, 3.05) is 39.8 Å². The number of aromatic nitrogens is 2. The summed E-state index contributed by atoms with van der Waals surface area (Å²) >= 11 is 0. The van der Waals surface area contributed by atoms with Crippen molar-refractivity contribution in [1.82, 2.24) is 25.1 Å². The Kier molecular flexibility index (Phi) is 6.14. The minimum atomic E-state index is -1.08. The number of piperazine rings is 1. The Labute approximate surface area is 183 Å². The molecule has 2 atom stereocenters. The number of amides is 1. The fourth-order valence-corrected chi connectivity index (χ4v) is 4.43. The van der Waals surface area contributed by atoms with Crippen LogP contribution in [0.1, 0.15) is 39.3 Å². The monoisotopic (exact) mass is 427 g/mol. The van der Waals surface area contributed by atoms with E-state index in [1.165, 1.54) is 0 Å². The lowest BCUT2D eigenvalue weighted by atomic mass is 10.00. The Bertz CT molecular complexity index is 926. The number of rotatable bonds is 4. The molecule has 2 aliphatic heterocycles. The van der Waals surface area contributed by atoms with E-state index in [2.05, 4.69) is 27.2 Å². The molecule has 0 radical (unpaired) electrons. The van der Waals surface area contributed by atoms with Gasteiger partial charge in [0.1, 0.15) is 17.6 Å². The number of nitrogens with zero attached hydrogens (tertiary/aromatic N) is 4. The van der Waals surface area contributed by atoms with Crippen LogP contribution in [0.3, 0.4) is 0 Å². The second kappa shape index (κ2) is 8.68. The first-order valence-electron chi connectivity index (χ1n) is 11.1. The summed E-state index contributed by atoms with van der Waals surface area (Å²) < 4.78 is 12.5. The molecule has 3 heterocycles. The summed E-state index contributed by atoms with van der Waals surface area (Å²) in [5.74, 6) is 0. The van der Waals surface area contributed by atoms with Crippen molar-refractivity contribution < 1.29 is 14.3 Å². The first kappa shape index (κ1) is 21.9. The lowest BCUT2D eigenvalue weighted by Crippen LogP contribution is -2.63. The van der Waals surface area contributed by atoms with Gasteiger partial charge in [0.15, 0.2) is 0 Å². The molecule has 2 fully saturated rings. The van der Waals surface area contributed by atoms with Crippen LogP contribution in [0.15, 0.2) is 30.6 Å². The van der Waals surface area contributed by atoms with Crippen molar-refractivity contribution in [1.29, 1.82) is 0 Å². The number of hydrogen-bond acceptors (Lipinski definition) is 7. The Morgan fingerprint density at radius 1 is 1.26 bits per heavy atom. The third kappa shape index (κ3) is 4.51. The van der Waals surface area contributed by atoms with Gasteiger partial charge >= 0.3 is 6.09 Å². The van der Waals surface area contributed by atoms with Gasteiger partial charge in [-0.3, -0.25) is 4.90 Å². The maximum Gasteiger partial charge on any atom is 0.412 e. The molecule has 1 amide bonds. The van der Waals surface area contributed by atoms with Crippen LogP contribution in [0.5, 0.6) is 0 Å². The summed E-state index contributed by atoms with van der Waals surface area (Å²) in [5, 5.41) is 4.30. The average molecular weight is 428 g/mol. The zero-order valence-electron chi connectivity index (χ0n) is 18.9. The molecule has 1 aromatic carbocycles. The molecule has 0 spiro atoms. The summed E-state index contributed by atoms with van der Waals surface area (Å²) in [6, 6.07) is 8.16. The number of fused-ring (bicyclic) bond motifs is 1. The number of para-hydroxylation sites is 1. The third-order valence-corrected chi connectivity index (χ3v) is 6.03. The van der Waals surface area contributed by atoms with Crippen molar-refractivity contribution >= 4 is 17.0 Å². The molecule has 1 unspecified atom stereocenters. The molecule has 1 aromatic heterocycles. The summed E-state index contributed by atoms with van der Waals surface area (Å²) in [7, 11) is 2.12. The Morgan fingerprint density at radius 3 is 2.81 bits per heavy atom. The minimum absolute atomic E-state index is 0.312. The van der Waals surface area contributed by atoms with Crippen LogP contribution >= 0.6 is 0 Å². The van der Waals surface area contributed by atoms with Gasteiger partial charge in [0.2, 0.25) is 5.72 Å². The molecular weight excluding hydrogens is 394 g/mol. The van der Waals surface area contributed by atoms with Crippen molar-refractivity contribution in [2.24, 2.45) is 0 Å². The fraction of sp³-hybridized carbons (Fsp3) is 0.609. The molecule has 0 bridgehead atoms. The van der Waals surface area contributed by atoms with Crippen molar-refractivity contribution in [2.45, 2.75) is 51.0 Å². The van der Waals surface area contributed by atoms with Gasteiger partial charge in [0.05, 0.1) is 18.7 Å². The van der Waals surface area contributed by atoms with Crippen molar-refractivity contribution in [3.8, 4) is 0 Å². The van der Waals surface area contributed by atoms with Gasteiger partial charge < -0.3 is 19.7 Å². The minimum Gasteiger partial charge on any atom is -0.444 e. The van der Waals surface area contributed by atoms with Crippen molar-refractivity contribution in [3.63, 3.8) is 0 Å². The van der Waals surface area contributed by atoms with E-state index in [9.17, 15) is 4.79 Å². The highest BCUT2D eigenvalue weighted by molar-refractivity contribution is 5.82. The highest BCUT2D eigenvalue weighted by atomic mass is 16.6. The summed E-state index contributed by atoms with van der Waals surface area (Å²) in [6.07, 6.45) is 3.39. The van der Waals surface area contributed by atoms with Crippen LogP contribution in [-0.4, -0.2) is 77.3 Å². The third-order valence-electron chi connectivity index (χ3n) is 6.03. The summed E-state index contributed by atoms with van der Waals surface area (Å²) in [6.45, 7) is 8.77. The number of ether oxygens (including phenoxy) is 2. The molecule has 8 heteroatoms. The average Bonchev–Trinajstić information content (AvgIpc) is 3.15. The van der Waals surface area contributed by atoms with E-state index in [-0.39, 0.29) is 0 Å². The van der Waals surface area contributed by atoms with E-state index in [4.69, 9.17) is 9.47 Å². The molecule has 0 aliphatic carbocycles. The van der Waals surface area contributed by atoms with Gasteiger partial charge in [-0.15, -0.1) is 0 Å².